The van der Waals surface area contributed by atoms with Crippen LogP contribution in [-0.4, -0.2) is 22.0 Å². The summed E-state index contributed by atoms with van der Waals surface area (Å²) in [6, 6.07) is 11.9. The van der Waals surface area contributed by atoms with Gasteiger partial charge in [-0.15, -0.1) is 0 Å². The maximum Gasteiger partial charge on any atom is 0.252 e. The van der Waals surface area contributed by atoms with E-state index >= 15 is 0 Å². The number of hydrogen-bond donors (Lipinski definition) is 2. The largest absolute Gasteiger partial charge is 0.355 e. The van der Waals surface area contributed by atoms with Gasteiger partial charge in [0.15, 0.2) is 0 Å². The Morgan fingerprint density at radius 3 is 2.72 bits per heavy atom. The van der Waals surface area contributed by atoms with E-state index in [1.807, 2.05) is 38.4 Å². The van der Waals surface area contributed by atoms with Gasteiger partial charge in [-0.3, -0.25) is 9.59 Å². The lowest BCUT2D eigenvalue weighted by atomic mass is 9.76. The number of rotatable bonds is 2. The van der Waals surface area contributed by atoms with Crippen LogP contribution in [0.1, 0.15) is 25.3 Å². The lowest BCUT2D eigenvalue weighted by Gasteiger charge is -2.32. The predicted octanol–water partition coefficient (Wildman–Crippen LogP) is 2.70. The zero-order valence-electron chi connectivity index (χ0n) is 14.4. The number of aromatic amines is 1. The van der Waals surface area contributed by atoms with Gasteiger partial charge in [-0.05, 0) is 49.6 Å². The zero-order chi connectivity index (χ0) is 17.6. The van der Waals surface area contributed by atoms with Crippen LogP contribution >= 0.6 is 0 Å². The van der Waals surface area contributed by atoms with Gasteiger partial charge < -0.3 is 14.9 Å². The van der Waals surface area contributed by atoms with E-state index in [1.165, 1.54) is 0 Å². The van der Waals surface area contributed by atoms with Gasteiger partial charge in [-0.1, -0.05) is 12.1 Å². The maximum absolute atomic E-state index is 12.7. The van der Waals surface area contributed by atoms with E-state index in [9.17, 15) is 9.59 Å². The number of benzene rings is 1. The third-order valence-corrected chi connectivity index (χ3v) is 5.34. The summed E-state index contributed by atoms with van der Waals surface area (Å²) in [6.07, 6.45) is 3.59. The van der Waals surface area contributed by atoms with Crippen molar-refractivity contribution in [2.24, 2.45) is 7.05 Å². The monoisotopic (exact) mass is 335 g/mol. The molecule has 0 saturated carbocycles. The molecule has 1 unspecified atom stereocenters. The number of nitrogens with one attached hydrogen (secondary N) is 2. The molecule has 5 heteroatoms. The number of pyridine rings is 1. The first-order chi connectivity index (χ1) is 12.0. The minimum atomic E-state index is -0.756. The van der Waals surface area contributed by atoms with Gasteiger partial charge in [0.25, 0.3) is 5.56 Å². The van der Waals surface area contributed by atoms with Crippen molar-refractivity contribution < 1.29 is 4.79 Å². The molecule has 1 aromatic carbocycles. The van der Waals surface area contributed by atoms with Crippen molar-refractivity contribution in [3.63, 3.8) is 0 Å². The molecule has 2 N–H and O–H groups in total. The summed E-state index contributed by atoms with van der Waals surface area (Å²) in [6.45, 7) is 2.53. The smallest absolute Gasteiger partial charge is 0.252 e. The van der Waals surface area contributed by atoms with Crippen LogP contribution in [0.4, 0.5) is 0 Å². The fourth-order valence-corrected chi connectivity index (χ4v) is 3.74. The van der Waals surface area contributed by atoms with Crippen LogP contribution in [-0.2, 0) is 17.3 Å². The van der Waals surface area contributed by atoms with E-state index in [0.29, 0.717) is 18.5 Å². The van der Waals surface area contributed by atoms with Crippen molar-refractivity contribution in [3.05, 3.63) is 58.5 Å². The number of hydrogen-bond acceptors (Lipinski definition) is 2. The van der Waals surface area contributed by atoms with Crippen molar-refractivity contribution in [3.8, 4) is 11.3 Å². The molecule has 2 aromatic heterocycles. The van der Waals surface area contributed by atoms with Crippen molar-refractivity contribution in [1.29, 1.82) is 0 Å². The second-order valence-corrected chi connectivity index (χ2v) is 7.01. The molecule has 1 atom stereocenters. The number of aromatic nitrogens is 2. The summed E-state index contributed by atoms with van der Waals surface area (Å²) < 4.78 is 2.06. The summed E-state index contributed by atoms with van der Waals surface area (Å²) >= 11 is 0. The minimum Gasteiger partial charge on any atom is -0.355 e. The fourth-order valence-electron chi connectivity index (χ4n) is 3.74. The molecular formula is C20H21N3O2. The number of piperidine rings is 1. The van der Waals surface area contributed by atoms with Gasteiger partial charge in [0.2, 0.25) is 5.91 Å². The Balaban J connectivity index is 1.76. The molecule has 1 amide bonds. The predicted molar refractivity (Wildman–Crippen MR) is 98.6 cm³/mol. The first kappa shape index (κ1) is 15.7. The Morgan fingerprint density at radius 2 is 1.96 bits per heavy atom. The standard InChI is InChI=1S/C20H21N3O2/c1-20(9-3-10-21-19(20)25)15-5-6-16(22-18(15)24)13-4-7-17-14(12-13)8-11-23(17)2/h4-8,11-12H,3,9-10H2,1-2H3,(H,21,25)(H,22,24). The third-order valence-electron chi connectivity index (χ3n) is 5.34. The van der Waals surface area contributed by atoms with Crippen molar-refractivity contribution in [1.82, 2.24) is 14.9 Å². The minimum absolute atomic E-state index is 0.0669. The van der Waals surface area contributed by atoms with Gasteiger partial charge in [0.05, 0.1) is 5.41 Å². The number of carbonyl (C=O) groups excluding carboxylic acids is 1. The summed E-state index contributed by atoms with van der Waals surface area (Å²) in [7, 11) is 2.01. The van der Waals surface area contributed by atoms with Gasteiger partial charge in [0.1, 0.15) is 0 Å². The van der Waals surface area contributed by atoms with Gasteiger partial charge in [-0.25, -0.2) is 0 Å². The first-order valence-corrected chi connectivity index (χ1v) is 8.57. The molecule has 0 bridgehead atoms. The van der Waals surface area contributed by atoms with Crippen LogP contribution in [0.25, 0.3) is 22.2 Å². The Kier molecular flexibility index (Phi) is 3.53. The van der Waals surface area contributed by atoms with Crippen molar-refractivity contribution in [2.45, 2.75) is 25.2 Å². The van der Waals surface area contributed by atoms with Crippen LogP contribution in [0.3, 0.4) is 0 Å². The molecule has 3 aromatic rings. The van der Waals surface area contributed by atoms with Crippen LogP contribution in [0.15, 0.2) is 47.4 Å². The van der Waals surface area contributed by atoms with Crippen molar-refractivity contribution >= 4 is 16.8 Å². The fraction of sp³-hybridized carbons (Fsp3) is 0.300. The first-order valence-electron chi connectivity index (χ1n) is 8.57. The zero-order valence-corrected chi connectivity index (χ0v) is 14.4. The average molecular weight is 335 g/mol. The normalized spacial score (nSPS) is 20.6. The summed E-state index contributed by atoms with van der Waals surface area (Å²) in [5.74, 6) is -0.0669. The molecule has 3 heterocycles. The molecule has 25 heavy (non-hydrogen) atoms. The number of fused-ring (bicyclic) bond motifs is 1. The highest BCUT2D eigenvalue weighted by molar-refractivity contribution is 5.88. The lowest BCUT2D eigenvalue weighted by Crippen LogP contribution is -2.49. The molecule has 1 fully saturated rings. The number of carbonyl (C=O) groups is 1. The van der Waals surface area contributed by atoms with E-state index < -0.39 is 5.41 Å². The lowest BCUT2D eigenvalue weighted by molar-refractivity contribution is -0.128. The molecule has 1 saturated heterocycles. The highest BCUT2D eigenvalue weighted by Crippen LogP contribution is 2.30. The average Bonchev–Trinajstić information content (AvgIpc) is 2.98. The number of aryl methyl sites for hydroxylation is 1. The van der Waals surface area contributed by atoms with Crippen molar-refractivity contribution in [2.75, 3.05) is 6.54 Å². The Bertz CT molecular complexity index is 1030. The Morgan fingerprint density at radius 1 is 1.12 bits per heavy atom. The van der Waals surface area contributed by atoms with E-state index in [1.54, 1.807) is 6.07 Å². The molecule has 1 aliphatic rings. The van der Waals surface area contributed by atoms with Gasteiger partial charge in [0, 0.05) is 41.9 Å². The van der Waals surface area contributed by atoms with Gasteiger partial charge >= 0.3 is 0 Å². The number of nitrogens with zero attached hydrogens (tertiary/aromatic N) is 1. The Labute approximate surface area is 145 Å². The second kappa shape index (κ2) is 5.62. The molecule has 0 aliphatic carbocycles. The molecule has 0 radical (unpaired) electrons. The third kappa shape index (κ3) is 2.47. The quantitative estimate of drug-likeness (QED) is 0.756. The SMILES string of the molecule is Cn1ccc2cc(-c3ccc(C4(C)CCCNC4=O)c(=O)[nH]3)ccc21. The number of H-pyrrole nitrogens is 1. The molecule has 5 nitrogen and oxygen atoms in total. The van der Waals surface area contributed by atoms with Crippen LogP contribution in [0.2, 0.25) is 0 Å². The second-order valence-electron chi connectivity index (χ2n) is 7.01. The van der Waals surface area contributed by atoms with Crippen LogP contribution in [0.5, 0.6) is 0 Å². The maximum atomic E-state index is 12.7. The molecule has 1 aliphatic heterocycles. The van der Waals surface area contributed by atoms with Crippen LogP contribution in [0, 0.1) is 0 Å². The Hall–Kier alpha value is -2.82. The highest BCUT2D eigenvalue weighted by Gasteiger charge is 2.39. The summed E-state index contributed by atoms with van der Waals surface area (Å²) in [4.78, 5) is 28.0. The van der Waals surface area contributed by atoms with E-state index in [0.717, 1.165) is 28.6 Å². The topological polar surface area (TPSA) is 66.9 Å². The molecule has 4 rings (SSSR count). The molecule has 128 valence electrons. The van der Waals surface area contributed by atoms with E-state index in [4.69, 9.17) is 0 Å². The van der Waals surface area contributed by atoms with E-state index in [2.05, 4.69) is 27.0 Å². The van der Waals surface area contributed by atoms with Gasteiger partial charge in [-0.2, -0.15) is 0 Å². The molecule has 0 spiro atoms. The highest BCUT2D eigenvalue weighted by atomic mass is 16.2. The van der Waals surface area contributed by atoms with Crippen LogP contribution < -0.4 is 10.9 Å². The summed E-state index contributed by atoms with van der Waals surface area (Å²) in [5.41, 5.74) is 2.46. The summed E-state index contributed by atoms with van der Waals surface area (Å²) in [5, 5.41) is 4.00. The van der Waals surface area contributed by atoms with E-state index in [-0.39, 0.29) is 11.5 Å². The molecular weight excluding hydrogens is 314 g/mol. The number of amides is 1.